The molecule has 0 saturated carbocycles. The van der Waals surface area contributed by atoms with Crippen LogP contribution in [0.15, 0.2) is 78.9 Å². The van der Waals surface area contributed by atoms with Gasteiger partial charge in [0.1, 0.15) is 0 Å². The van der Waals surface area contributed by atoms with Crippen LogP contribution in [0.25, 0.3) is 12.2 Å². The maximum atomic E-state index is 5.56. The first kappa shape index (κ1) is 31.4. The molecule has 3 heteroatoms. The van der Waals surface area contributed by atoms with E-state index < -0.39 is 0 Å². The van der Waals surface area contributed by atoms with Crippen LogP contribution in [-0.4, -0.2) is 0 Å². The molecule has 0 radical (unpaired) electrons. The molecule has 170 valence electrons. The van der Waals surface area contributed by atoms with Crippen molar-refractivity contribution >= 4 is 23.5 Å². The Morgan fingerprint density at radius 3 is 1.67 bits per heavy atom. The Bertz CT molecular complexity index is 896. The van der Waals surface area contributed by atoms with Crippen LogP contribution in [0.1, 0.15) is 55.4 Å². The molecule has 0 saturated heterocycles. The summed E-state index contributed by atoms with van der Waals surface area (Å²) in [5.41, 5.74) is 17.6. The zero-order valence-electron chi connectivity index (χ0n) is 20.6. The van der Waals surface area contributed by atoms with E-state index in [1.807, 2.05) is 48.5 Å². The quantitative estimate of drug-likeness (QED) is 0.299. The van der Waals surface area contributed by atoms with Crippen molar-refractivity contribution in [3.63, 3.8) is 0 Å². The van der Waals surface area contributed by atoms with E-state index in [9.17, 15) is 0 Å². The molecule has 0 aliphatic rings. The fourth-order valence-electron chi connectivity index (χ4n) is 2.72. The van der Waals surface area contributed by atoms with Crippen LogP contribution >= 0.6 is 0 Å². The molecular formula is C30H38KN2-. The van der Waals surface area contributed by atoms with E-state index in [0.29, 0.717) is 0 Å². The van der Waals surface area contributed by atoms with E-state index in [4.69, 9.17) is 18.0 Å². The van der Waals surface area contributed by atoms with Gasteiger partial charge in [-0.1, -0.05) is 74.4 Å². The van der Waals surface area contributed by atoms with Gasteiger partial charge in [-0.05, 0) is 54.7 Å². The first-order valence-corrected chi connectivity index (χ1v) is 11.3. The van der Waals surface area contributed by atoms with Crippen LogP contribution in [0.4, 0.5) is 11.4 Å². The minimum Gasteiger partial charge on any atom is -0.399 e. The Morgan fingerprint density at radius 2 is 1.24 bits per heavy atom. The second kappa shape index (κ2) is 19.8. The number of hydrogen-bond acceptors (Lipinski definition) is 2. The Labute approximate surface area is 244 Å². The van der Waals surface area contributed by atoms with E-state index in [1.54, 1.807) is 6.08 Å². The number of allylic oxidation sites excluding steroid dienone is 1. The topological polar surface area (TPSA) is 52.0 Å². The summed E-state index contributed by atoms with van der Waals surface area (Å²) in [6.07, 6.45) is 11.5. The van der Waals surface area contributed by atoms with E-state index in [0.717, 1.165) is 29.8 Å². The molecule has 0 aliphatic heterocycles. The smallest absolute Gasteiger partial charge is 0.399 e. The van der Waals surface area contributed by atoms with E-state index in [1.165, 1.54) is 36.0 Å². The number of unbranched alkanes of at least 4 members (excludes halogenated alkanes) is 1. The maximum absolute atomic E-state index is 5.56. The first-order chi connectivity index (χ1) is 15.5. The van der Waals surface area contributed by atoms with Crippen molar-refractivity contribution in [3.8, 4) is 0 Å². The van der Waals surface area contributed by atoms with Gasteiger partial charge in [0.15, 0.2) is 0 Å². The molecule has 2 nitrogen and oxygen atoms in total. The van der Waals surface area contributed by atoms with Crippen molar-refractivity contribution < 1.29 is 51.4 Å². The fourth-order valence-corrected chi connectivity index (χ4v) is 2.72. The fraction of sp³-hybridized carbons (Fsp3) is 0.233. The van der Waals surface area contributed by atoms with Crippen molar-refractivity contribution in [2.24, 2.45) is 0 Å². The van der Waals surface area contributed by atoms with Gasteiger partial charge < -0.3 is 18.4 Å². The number of anilines is 2. The molecule has 0 unspecified atom stereocenters. The van der Waals surface area contributed by atoms with Gasteiger partial charge in [0.25, 0.3) is 0 Å². The summed E-state index contributed by atoms with van der Waals surface area (Å²) in [4.78, 5) is 0. The molecule has 3 aromatic carbocycles. The van der Waals surface area contributed by atoms with Crippen LogP contribution < -0.4 is 62.9 Å². The van der Waals surface area contributed by atoms with Gasteiger partial charge in [-0.3, -0.25) is 6.58 Å². The zero-order valence-corrected chi connectivity index (χ0v) is 23.8. The molecule has 0 atom stereocenters. The predicted octanol–water partition coefficient (Wildman–Crippen LogP) is 4.82. The number of rotatable bonds is 7. The third-order valence-electron chi connectivity index (χ3n) is 4.74. The van der Waals surface area contributed by atoms with Crippen LogP contribution in [0.2, 0.25) is 0 Å². The van der Waals surface area contributed by atoms with E-state index in [2.05, 4.69) is 57.2 Å². The third kappa shape index (κ3) is 15.0. The van der Waals surface area contributed by atoms with E-state index in [-0.39, 0.29) is 51.4 Å². The standard InChI is InChI=1S/C12H13.C10H15N.C8H10N.K/c1-3-5-6-12-9-7-11(4-2)8-10-12;1-2-3-4-9-5-7-10(11)8-6-9;1-2-7-3-5-8(9)6-4-7;/h2,4-10H,3H2,1H3;5-8H,2-4,11H2,1H3;3-6H,1-2,9H2;/q-1;;-1;+1/b6-5+;;;. The Hall–Kier alpha value is -1.62. The Morgan fingerprint density at radius 1 is 0.758 bits per heavy atom. The van der Waals surface area contributed by atoms with Gasteiger partial charge in [-0.25, -0.2) is 6.08 Å². The van der Waals surface area contributed by atoms with Crippen molar-refractivity contribution in [1.82, 2.24) is 0 Å². The molecule has 0 bridgehead atoms. The second-order valence-corrected chi connectivity index (χ2v) is 7.48. The summed E-state index contributed by atoms with van der Waals surface area (Å²) in [6, 6.07) is 24.0. The summed E-state index contributed by atoms with van der Waals surface area (Å²) in [6.45, 7) is 13.4. The van der Waals surface area contributed by atoms with Gasteiger partial charge in [0, 0.05) is 11.4 Å². The summed E-state index contributed by atoms with van der Waals surface area (Å²) in [7, 11) is 0. The van der Waals surface area contributed by atoms with Crippen molar-refractivity contribution in [2.45, 2.75) is 46.0 Å². The molecule has 3 rings (SSSR count). The van der Waals surface area contributed by atoms with Crippen molar-refractivity contribution in [3.05, 3.63) is 115 Å². The number of nitrogens with two attached hydrogens (primary N) is 2. The summed E-state index contributed by atoms with van der Waals surface area (Å²) in [5.74, 6) is 0. The molecule has 0 heterocycles. The van der Waals surface area contributed by atoms with Crippen LogP contribution in [0.5, 0.6) is 0 Å². The Kier molecular flexibility index (Phi) is 18.8. The average molecular weight is 466 g/mol. The van der Waals surface area contributed by atoms with Crippen molar-refractivity contribution in [2.75, 3.05) is 11.5 Å². The average Bonchev–Trinajstić information content (AvgIpc) is 2.84. The second-order valence-electron chi connectivity index (χ2n) is 7.48. The zero-order chi connectivity index (χ0) is 23.6. The minimum atomic E-state index is 0. The number of hydrogen-bond donors (Lipinski definition) is 2. The Balaban J connectivity index is 0.000000463. The largest absolute Gasteiger partial charge is 1.00 e. The van der Waals surface area contributed by atoms with Gasteiger partial charge in [0.2, 0.25) is 0 Å². The first-order valence-electron chi connectivity index (χ1n) is 11.3. The predicted molar refractivity (Wildman–Crippen MR) is 144 cm³/mol. The molecule has 0 aromatic heterocycles. The van der Waals surface area contributed by atoms with Crippen molar-refractivity contribution in [1.29, 1.82) is 0 Å². The maximum Gasteiger partial charge on any atom is 1.00 e. The summed E-state index contributed by atoms with van der Waals surface area (Å²) >= 11 is 0. The molecule has 3 aromatic rings. The summed E-state index contributed by atoms with van der Waals surface area (Å²) < 4.78 is 0. The third-order valence-corrected chi connectivity index (χ3v) is 4.74. The molecule has 0 amide bonds. The number of benzene rings is 3. The summed E-state index contributed by atoms with van der Waals surface area (Å²) in [5, 5.41) is 0. The van der Waals surface area contributed by atoms with Gasteiger partial charge >= 0.3 is 51.4 Å². The number of aryl methyl sites for hydroxylation is 1. The van der Waals surface area contributed by atoms with Crippen LogP contribution in [0, 0.1) is 13.5 Å². The number of nitrogen functional groups attached to an aromatic ring is 2. The van der Waals surface area contributed by atoms with Crippen LogP contribution in [-0.2, 0) is 12.8 Å². The molecule has 4 N–H and O–H groups in total. The molecule has 0 spiro atoms. The van der Waals surface area contributed by atoms with E-state index >= 15 is 0 Å². The monoisotopic (exact) mass is 465 g/mol. The molecular weight excluding hydrogens is 427 g/mol. The molecule has 0 fully saturated rings. The minimum absolute atomic E-state index is 0. The normalized spacial score (nSPS) is 9.67. The molecule has 33 heavy (non-hydrogen) atoms. The van der Waals surface area contributed by atoms with Gasteiger partial charge in [0.05, 0.1) is 0 Å². The van der Waals surface area contributed by atoms with Crippen LogP contribution in [0.3, 0.4) is 0 Å². The SMILES string of the molecule is CCCCc1ccc(N)cc1.[CH-]=Cc1ccc(/C=C/CC)cc1.[CH2-]Cc1ccc(N)cc1.[K+]. The van der Waals surface area contributed by atoms with Gasteiger partial charge in [-0.2, -0.15) is 12.0 Å². The molecule has 0 aliphatic carbocycles. The van der Waals surface area contributed by atoms with Gasteiger partial charge in [-0.15, -0.1) is 12.1 Å².